The zero-order valence-electron chi connectivity index (χ0n) is 12.3. The normalized spacial score (nSPS) is 20.7. The van der Waals surface area contributed by atoms with Crippen LogP contribution < -0.4 is 5.32 Å². The van der Waals surface area contributed by atoms with E-state index in [9.17, 15) is 0 Å². The van der Waals surface area contributed by atoms with Gasteiger partial charge >= 0.3 is 0 Å². The molecular formula is C17H27NO. The van der Waals surface area contributed by atoms with Crippen LogP contribution in [-0.4, -0.2) is 19.2 Å². The van der Waals surface area contributed by atoms with E-state index in [-0.39, 0.29) is 11.7 Å². The standard InChI is InChI=1S/C17H27NO/c1-15(16-10-6-5-7-11-16)19-17(14-18-2)12-8-3-4-9-13-17/h5-7,10-11,15,18H,3-4,8-9,12-14H2,1-2H3. The molecular weight excluding hydrogens is 234 g/mol. The minimum Gasteiger partial charge on any atom is -0.366 e. The Hall–Kier alpha value is -0.860. The van der Waals surface area contributed by atoms with Crippen molar-refractivity contribution in [3.63, 3.8) is 0 Å². The minimum atomic E-state index is 0.0283. The summed E-state index contributed by atoms with van der Waals surface area (Å²) in [6, 6.07) is 10.6. The van der Waals surface area contributed by atoms with E-state index in [4.69, 9.17) is 4.74 Å². The van der Waals surface area contributed by atoms with E-state index in [1.54, 1.807) is 0 Å². The van der Waals surface area contributed by atoms with E-state index in [1.807, 2.05) is 7.05 Å². The van der Waals surface area contributed by atoms with Gasteiger partial charge in [0, 0.05) is 6.54 Å². The van der Waals surface area contributed by atoms with Crippen LogP contribution in [0, 0.1) is 0 Å². The molecule has 0 radical (unpaired) electrons. The SMILES string of the molecule is CNCC1(OC(C)c2ccccc2)CCCCCC1. The van der Waals surface area contributed by atoms with Gasteiger partial charge in [-0.1, -0.05) is 56.0 Å². The van der Waals surface area contributed by atoms with Crippen LogP contribution in [0.4, 0.5) is 0 Å². The topological polar surface area (TPSA) is 21.3 Å². The van der Waals surface area contributed by atoms with Gasteiger partial charge in [0.1, 0.15) is 0 Å². The van der Waals surface area contributed by atoms with Crippen LogP contribution in [0.2, 0.25) is 0 Å². The minimum absolute atomic E-state index is 0.0283. The Bertz CT molecular complexity index is 355. The molecule has 0 amide bonds. The first-order valence-electron chi connectivity index (χ1n) is 7.63. The maximum Gasteiger partial charge on any atom is 0.0814 e. The Morgan fingerprint density at radius 1 is 1.11 bits per heavy atom. The molecule has 2 heteroatoms. The molecule has 1 atom stereocenters. The molecule has 0 spiro atoms. The largest absolute Gasteiger partial charge is 0.366 e. The van der Waals surface area contributed by atoms with Crippen molar-refractivity contribution in [2.45, 2.75) is 57.2 Å². The van der Waals surface area contributed by atoms with Gasteiger partial charge < -0.3 is 10.1 Å². The first kappa shape index (κ1) is 14.5. The van der Waals surface area contributed by atoms with Gasteiger partial charge in [-0.25, -0.2) is 0 Å². The Morgan fingerprint density at radius 2 is 1.74 bits per heavy atom. The van der Waals surface area contributed by atoms with E-state index in [1.165, 1.54) is 44.1 Å². The summed E-state index contributed by atoms with van der Waals surface area (Å²) in [6.45, 7) is 3.14. The molecule has 0 heterocycles. The molecule has 0 aromatic heterocycles. The molecule has 0 bridgehead atoms. The summed E-state index contributed by atoms with van der Waals surface area (Å²) in [6.07, 6.45) is 7.85. The first-order valence-corrected chi connectivity index (χ1v) is 7.63. The summed E-state index contributed by atoms with van der Waals surface area (Å²) >= 11 is 0. The maximum absolute atomic E-state index is 6.52. The van der Waals surface area contributed by atoms with Crippen LogP contribution >= 0.6 is 0 Å². The second-order valence-electron chi connectivity index (χ2n) is 5.80. The van der Waals surface area contributed by atoms with Crippen LogP contribution in [0.25, 0.3) is 0 Å². The van der Waals surface area contributed by atoms with Gasteiger partial charge in [-0.3, -0.25) is 0 Å². The highest BCUT2D eigenvalue weighted by molar-refractivity contribution is 5.17. The predicted octanol–water partition coefficient (Wildman–Crippen LogP) is 4.08. The van der Waals surface area contributed by atoms with E-state index >= 15 is 0 Å². The van der Waals surface area contributed by atoms with Gasteiger partial charge in [0.15, 0.2) is 0 Å². The second-order valence-corrected chi connectivity index (χ2v) is 5.80. The van der Waals surface area contributed by atoms with Crippen LogP contribution in [-0.2, 0) is 4.74 Å². The van der Waals surface area contributed by atoms with Crippen molar-refractivity contribution in [2.75, 3.05) is 13.6 Å². The number of nitrogens with one attached hydrogen (secondary N) is 1. The summed E-state index contributed by atoms with van der Waals surface area (Å²) in [4.78, 5) is 0. The van der Waals surface area contributed by atoms with Gasteiger partial charge in [-0.2, -0.15) is 0 Å². The fraction of sp³-hybridized carbons (Fsp3) is 0.647. The number of hydrogen-bond acceptors (Lipinski definition) is 2. The van der Waals surface area contributed by atoms with Crippen LogP contribution in [0.1, 0.15) is 57.1 Å². The highest BCUT2D eigenvalue weighted by Crippen LogP contribution is 2.34. The van der Waals surface area contributed by atoms with E-state index in [0.717, 1.165) is 6.54 Å². The molecule has 2 rings (SSSR count). The highest BCUT2D eigenvalue weighted by atomic mass is 16.5. The third-order valence-corrected chi connectivity index (χ3v) is 4.21. The van der Waals surface area contributed by atoms with Crippen LogP contribution in [0.5, 0.6) is 0 Å². The lowest BCUT2D eigenvalue weighted by atomic mass is 9.93. The van der Waals surface area contributed by atoms with Gasteiger partial charge in [-0.15, -0.1) is 0 Å². The average Bonchev–Trinajstić information content (AvgIpc) is 2.66. The molecule has 106 valence electrons. The van der Waals surface area contributed by atoms with Crippen molar-refractivity contribution in [3.8, 4) is 0 Å². The van der Waals surface area contributed by atoms with Crippen LogP contribution in [0.15, 0.2) is 30.3 Å². The van der Waals surface area contributed by atoms with Crippen LogP contribution in [0.3, 0.4) is 0 Å². The van der Waals surface area contributed by atoms with E-state index < -0.39 is 0 Å². The quantitative estimate of drug-likeness (QED) is 0.807. The number of hydrogen-bond donors (Lipinski definition) is 1. The zero-order valence-corrected chi connectivity index (χ0v) is 12.3. The van der Waals surface area contributed by atoms with Crippen molar-refractivity contribution in [1.29, 1.82) is 0 Å². The molecule has 2 nitrogen and oxygen atoms in total. The Balaban J connectivity index is 2.07. The first-order chi connectivity index (χ1) is 9.26. The van der Waals surface area contributed by atoms with E-state index in [2.05, 4.69) is 42.6 Å². The lowest BCUT2D eigenvalue weighted by Crippen LogP contribution is -2.42. The molecule has 1 aromatic rings. The van der Waals surface area contributed by atoms with Crippen molar-refractivity contribution in [3.05, 3.63) is 35.9 Å². The van der Waals surface area contributed by atoms with Gasteiger partial charge in [0.2, 0.25) is 0 Å². The molecule has 1 aliphatic carbocycles. The van der Waals surface area contributed by atoms with Gasteiger partial charge in [0.25, 0.3) is 0 Å². The summed E-state index contributed by atoms with van der Waals surface area (Å²) in [5.41, 5.74) is 1.31. The molecule has 1 fully saturated rings. The number of ether oxygens (including phenoxy) is 1. The van der Waals surface area contributed by atoms with Crippen molar-refractivity contribution < 1.29 is 4.74 Å². The van der Waals surface area contributed by atoms with Gasteiger partial charge in [0.05, 0.1) is 11.7 Å². The molecule has 1 aromatic carbocycles. The third kappa shape index (κ3) is 4.05. The fourth-order valence-corrected chi connectivity index (χ4v) is 3.20. The smallest absolute Gasteiger partial charge is 0.0814 e. The summed E-state index contributed by atoms with van der Waals surface area (Å²) < 4.78 is 6.52. The highest BCUT2D eigenvalue weighted by Gasteiger charge is 2.33. The molecule has 1 aliphatic rings. The Morgan fingerprint density at radius 3 is 2.32 bits per heavy atom. The molecule has 1 unspecified atom stereocenters. The second kappa shape index (κ2) is 7.06. The fourth-order valence-electron chi connectivity index (χ4n) is 3.20. The van der Waals surface area contributed by atoms with Crippen molar-refractivity contribution in [2.24, 2.45) is 0 Å². The van der Waals surface area contributed by atoms with E-state index in [0.29, 0.717) is 0 Å². The number of benzene rings is 1. The number of likely N-dealkylation sites (N-methyl/N-ethyl adjacent to an activating group) is 1. The Labute approximate surface area is 117 Å². The lowest BCUT2D eigenvalue weighted by molar-refractivity contribution is -0.0957. The summed E-state index contributed by atoms with van der Waals surface area (Å²) in [7, 11) is 2.03. The zero-order chi connectivity index (χ0) is 13.6. The maximum atomic E-state index is 6.52. The lowest BCUT2D eigenvalue weighted by Gasteiger charge is -2.36. The third-order valence-electron chi connectivity index (χ3n) is 4.21. The summed E-state index contributed by atoms with van der Waals surface area (Å²) in [5, 5.41) is 3.34. The Kier molecular flexibility index (Phi) is 5.41. The average molecular weight is 261 g/mol. The molecule has 0 aliphatic heterocycles. The van der Waals surface area contributed by atoms with Gasteiger partial charge in [-0.05, 0) is 32.4 Å². The molecule has 1 N–H and O–H groups in total. The van der Waals surface area contributed by atoms with Crippen molar-refractivity contribution >= 4 is 0 Å². The summed E-state index contributed by atoms with van der Waals surface area (Å²) in [5.74, 6) is 0. The monoisotopic (exact) mass is 261 g/mol. The molecule has 0 saturated heterocycles. The molecule has 19 heavy (non-hydrogen) atoms. The van der Waals surface area contributed by atoms with Crippen molar-refractivity contribution in [1.82, 2.24) is 5.32 Å². The molecule has 1 saturated carbocycles. The number of rotatable bonds is 5. The predicted molar refractivity (Wildman–Crippen MR) is 80.3 cm³/mol.